The van der Waals surface area contributed by atoms with Crippen LogP contribution < -0.4 is 15.4 Å². The van der Waals surface area contributed by atoms with Gasteiger partial charge in [-0.15, -0.1) is 0 Å². The average Bonchev–Trinajstić information content (AvgIpc) is 3.31. The molecule has 1 aromatic heterocycles. The van der Waals surface area contributed by atoms with Gasteiger partial charge in [-0.25, -0.2) is 4.39 Å². The van der Waals surface area contributed by atoms with Crippen molar-refractivity contribution >= 4 is 50.4 Å². The first kappa shape index (κ1) is 25.7. The Kier molecular flexibility index (Phi) is 8.33. The number of fused-ring (bicyclic) bond motifs is 1. The molecule has 0 saturated carbocycles. The number of nitriles is 1. The highest BCUT2D eigenvalue weighted by Gasteiger charge is 2.11. The summed E-state index contributed by atoms with van der Waals surface area (Å²) in [6.45, 7) is 0.129. The maximum atomic E-state index is 13.0. The lowest BCUT2D eigenvalue weighted by molar-refractivity contribution is -0.118. The summed E-state index contributed by atoms with van der Waals surface area (Å²) < 4.78 is 19.1. The fraction of sp³-hybridized carbons (Fsp3) is 0.107. The molecule has 186 valence electrons. The number of nitrogens with one attached hydrogen (secondary N) is 3. The number of para-hydroxylation sites is 1. The highest BCUT2D eigenvalue weighted by Crippen LogP contribution is 2.27. The van der Waals surface area contributed by atoms with Gasteiger partial charge in [0, 0.05) is 29.3 Å². The summed E-state index contributed by atoms with van der Waals surface area (Å²) in [5, 5.41) is 16.0. The number of carbonyl (C=O) groups excluding carboxylic acids is 2. The first-order chi connectivity index (χ1) is 17.9. The van der Waals surface area contributed by atoms with E-state index in [0.29, 0.717) is 34.4 Å². The van der Waals surface area contributed by atoms with Gasteiger partial charge in [-0.05, 0) is 82.0 Å². The molecule has 0 atom stereocenters. The van der Waals surface area contributed by atoms with Gasteiger partial charge in [0.25, 0.3) is 11.8 Å². The Morgan fingerprint density at radius 3 is 2.65 bits per heavy atom. The molecular weight excluding hydrogens is 539 g/mol. The first-order valence-electron chi connectivity index (χ1n) is 11.4. The molecule has 9 heteroatoms. The number of ether oxygens (including phenoxy) is 1. The SMILES string of the molecule is N#C/C(=C/c1ccc(OCC(=O)Nc2ccc(F)cc2)c(Br)c1)C(=O)NCCc1c[nH]c2ccccc12. The molecule has 0 radical (unpaired) electrons. The van der Waals surface area contributed by atoms with E-state index in [4.69, 9.17) is 4.74 Å². The van der Waals surface area contributed by atoms with Crippen molar-refractivity contribution < 1.29 is 18.7 Å². The van der Waals surface area contributed by atoms with Crippen LogP contribution in [0, 0.1) is 17.1 Å². The van der Waals surface area contributed by atoms with Crippen LogP contribution in [0.15, 0.2) is 83.0 Å². The van der Waals surface area contributed by atoms with Crippen molar-refractivity contribution in [1.29, 1.82) is 5.26 Å². The highest BCUT2D eigenvalue weighted by atomic mass is 79.9. The van der Waals surface area contributed by atoms with Crippen molar-refractivity contribution in [3.8, 4) is 11.8 Å². The summed E-state index contributed by atoms with van der Waals surface area (Å²) in [5.41, 5.74) is 3.16. The maximum absolute atomic E-state index is 13.0. The van der Waals surface area contributed by atoms with Gasteiger partial charge >= 0.3 is 0 Å². The normalized spacial score (nSPS) is 11.1. The molecule has 0 unspecified atom stereocenters. The standard InChI is InChI=1S/C28H22BrFN4O3/c29-24-14-18(5-10-26(24)37-17-27(35)34-22-8-6-21(30)7-9-22)13-20(15-31)28(36)32-12-11-19-16-33-25-4-2-1-3-23(19)25/h1-10,13-14,16,33H,11-12,17H2,(H,32,36)(H,34,35)/b20-13-. The number of rotatable bonds is 9. The van der Waals surface area contributed by atoms with E-state index in [0.717, 1.165) is 16.5 Å². The molecule has 0 aliphatic carbocycles. The summed E-state index contributed by atoms with van der Waals surface area (Å²) in [6.07, 6.45) is 4.03. The van der Waals surface area contributed by atoms with Crippen molar-refractivity contribution in [3.63, 3.8) is 0 Å². The minimum absolute atomic E-state index is 0.0295. The van der Waals surface area contributed by atoms with Crippen LogP contribution in [0.25, 0.3) is 17.0 Å². The zero-order valence-electron chi connectivity index (χ0n) is 19.6. The lowest BCUT2D eigenvalue weighted by Gasteiger charge is -2.10. The molecular formula is C28H22BrFN4O3. The van der Waals surface area contributed by atoms with Gasteiger partial charge in [-0.1, -0.05) is 24.3 Å². The monoisotopic (exact) mass is 560 g/mol. The highest BCUT2D eigenvalue weighted by molar-refractivity contribution is 9.10. The number of nitrogens with zero attached hydrogens (tertiary/aromatic N) is 1. The third kappa shape index (κ3) is 6.84. The van der Waals surface area contributed by atoms with E-state index in [9.17, 15) is 19.2 Å². The topological polar surface area (TPSA) is 107 Å². The van der Waals surface area contributed by atoms with Crippen LogP contribution in [-0.2, 0) is 16.0 Å². The Bertz CT molecular complexity index is 1510. The molecule has 4 rings (SSSR count). The Balaban J connectivity index is 1.31. The average molecular weight is 561 g/mol. The fourth-order valence-electron chi connectivity index (χ4n) is 3.66. The smallest absolute Gasteiger partial charge is 0.262 e. The summed E-state index contributed by atoms with van der Waals surface area (Å²) in [5.74, 6) is -0.849. The predicted octanol–water partition coefficient (Wildman–Crippen LogP) is 5.35. The van der Waals surface area contributed by atoms with Crippen LogP contribution in [0.2, 0.25) is 0 Å². The third-order valence-electron chi connectivity index (χ3n) is 5.47. The molecule has 1 heterocycles. The number of benzene rings is 3. The van der Waals surface area contributed by atoms with Gasteiger partial charge in [0.05, 0.1) is 4.47 Å². The molecule has 0 aliphatic rings. The molecule has 37 heavy (non-hydrogen) atoms. The first-order valence-corrected chi connectivity index (χ1v) is 12.1. The molecule has 0 aliphatic heterocycles. The molecule has 0 fully saturated rings. The van der Waals surface area contributed by atoms with Crippen LogP contribution in [0.5, 0.6) is 5.75 Å². The van der Waals surface area contributed by atoms with Gasteiger partial charge in [-0.3, -0.25) is 9.59 Å². The van der Waals surface area contributed by atoms with Crippen LogP contribution >= 0.6 is 15.9 Å². The molecule has 0 saturated heterocycles. The lowest BCUT2D eigenvalue weighted by atomic mass is 10.1. The van der Waals surface area contributed by atoms with Crippen molar-refractivity contribution in [2.24, 2.45) is 0 Å². The Hall–Kier alpha value is -4.42. The van der Waals surface area contributed by atoms with E-state index in [-0.39, 0.29) is 12.2 Å². The van der Waals surface area contributed by atoms with Crippen LogP contribution in [0.1, 0.15) is 11.1 Å². The van der Waals surface area contributed by atoms with E-state index in [1.165, 1.54) is 30.3 Å². The Labute approximate surface area is 221 Å². The molecule has 2 amide bonds. The largest absolute Gasteiger partial charge is 0.483 e. The quantitative estimate of drug-likeness (QED) is 0.189. The molecule has 3 aromatic carbocycles. The number of H-pyrrole nitrogens is 1. The van der Waals surface area contributed by atoms with E-state index in [1.807, 2.05) is 36.5 Å². The number of anilines is 1. The molecule has 0 bridgehead atoms. The molecule has 3 N–H and O–H groups in total. The number of amides is 2. The van der Waals surface area contributed by atoms with E-state index in [2.05, 4.69) is 31.5 Å². The lowest BCUT2D eigenvalue weighted by Crippen LogP contribution is -2.26. The summed E-state index contributed by atoms with van der Waals surface area (Å²) in [7, 11) is 0. The molecule has 4 aromatic rings. The maximum Gasteiger partial charge on any atom is 0.262 e. The number of hydrogen-bond acceptors (Lipinski definition) is 4. The van der Waals surface area contributed by atoms with Gasteiger partial charge in [0.1, 0.15) is 23.2 Å². The second-order valence-electron chi connectivity index (χ2n) is 8.07. The van der Waals surface area contributed by atoms with E-state index < -0.39 is 17.6 Å². The molecule has 7 nitrogen and oxygen atoms in total. The number of aromatic nitrogens is 1. The van der Waals surface area contributed by atoms with Gasteiger partial charge in [0.2, 0.25) is 0 Å². The van der Waals surface area contributed by atoms with Crippen molar-refractivity contribution in [2.45, 2.75) is 6.42 Å². The van der Waals surface area contributed by atoms with Crippen LogP contribution in [-0.4, -0.2) is 29.9 Å². The summed E-state index contributed by atoms with van der Waals surface area (Å²) in [4.78, 5) is 27.9. The zero-order valence-corrected chi connectivity index (χ0v) is 21.1. The summed E-state index contributed by atoms with van der Waals surface area (Å²) in [6, 6.07) is 20.3. The number of halogens is 2. The Morgan fingerprint density at radius 2 is 1.89 bits per heavy atom. The number of hydrogen-bond donors (Lipinski definition) is 3. The predicted molar refractivity (Wildman–Crippen MR) is 143 cm³/mol. The second kappa shape index (κ2) is 12.0. The van der Waals surface area contributed by atoms with Crippen molar-refractivity contribution in [1.82, 2.24) is 10.3 Å². The summed E-state index contributed by atoms with van der Waals surface area (Å²) >= 11 is 3.39. The minimum atomic E-state index is -0.462. The minimum Gasteiger partial charge on any atom is -0.483 e. The second-order valence-corrected chi connectivity index (χ2v) is 8.92. The third-order valence-corrected chi connectivity index (χ3v) is 6.09. The van der Waals surface area contributed by atoms with Crippen LogP contribution in [0.3, 0.4) is 0 Å². The van der Waals surface area contributed by atoms with Gasteiger partial charge in [0.15, 0.2) is 6.61 Å². The zero-order chi connectivity index (χ0) is 26.2. The van der Waals surface area contributed by atoms with Crippen LogP contribution in [0.4, 0.5) is 10.1 Å². The van der Waals surface area contributed by atoms with Gasteiger partial charge in [-0.2, -0.15) is 5.26 Å². The van der Waals surface area contributed by atoms with Crippen molar-refractivity contribution in [2.75, 3.05) is 18.5 Å². The van der Waals surface area contributed by atoms with Gasteiger partial charge < -0.3 is 20.4 Å². The van der Waals surface area contributed by atoms with E-state index in [1.54, 1.807) is 18.2 Å². The van der Waals surface area contributed by atoms with E-state index >= 15 is 0 Å². The Morgan fingerprint density at radius 1 is 1.11 bits per heavy atom. The number of carbonyl (C=O) groups is 2. The molecule has 0 spiro atoms. The fourth-order valence-corrected chi connectivity index (χ4v) is 4.17. The number of aromatic amines is 1. The van der Waals surface area contributed by atoms with Crippen molar-refractivity contribution in [3.05, 3.63) is 99.9 Å².